The van der Waals surface area contributed by atoms with Gasteiger partial charge in [-0.1, -0.05) is 13.8 Å². The molecule has 118 valence electrons. The number of carbonyl (C=O) groups is 1. The highest BCUT2D eigenvalue weighted by Crippen LogP contribution is 2.19. The van der Waals surface area contributed by atoms with Crippen LogP contribution in [0.2, 0.25) is 0 Å². The molecule has 8 heteroatoms. The van der Waals surface area contributed by atoms with Gasteiger partial charge in [0.1, 0.15) is 0 Å². The van der Waals surface area contributed by atoms with E-state index in [2.05, 4.69) is 5.32 Å². The van der Waals surface area contributed by atoms with Gasteiger partial charge < -0.3 is 15.2 Å². The second-order valence-corrected chi connectivity index (χ2v) is 6.51. The molecule has 1 rings (SSSR count). The molecule has 0 aliphatic carbocycles. The van der Waals surface area contributed by atoms with E-state index in [9.17, 15) is 13.2 Å². The van der Waals surface area contributed by atoms with Gasteiger partial charge in [0.15, 0.2) is 0 Å². The van der Waals surface area contributed by atoms with Crippen molar-refractivity contribution in [2.45, 2.75) is 18.7 Å². The van der Waals surface area contributed by atoms with Gasteiger partial charge in [0.25, 0.3) is 0 Å². The van der Waals surface area contributed by atoms with Crippen molar-refractivity contribution in [2.75, 3.05) is 25.1 Å². The average molecular weight is 316 g/mol. The Bertz CT molecular complexity index is 599. The van der Waals surface area contributed by atoms with Gasteiger partial charge in [-0.3, -0.25) is 0 Å². The fourth-order valence-electron chi connectivity index (χ4n) is 1.61. The molecule has 1 aromatic rings. The van der Waals surface area contributed by atoms with Gasteiger partial charge in [0.2, 0.25) is 10.0 Å². The molecule has 1 aromatic carbocycles. The van der Waals surface area contributed by atoms with E-state index in [4.69, 9.17) is 15.0 Å². The van der Waals surface area contributed by atoms with Crippen molar-refractivity contribution < 1.29 is 23.1 Å². The smallest absolute Gasteiger partial charge is 0.337 e. The van der Waals surface area contributed by atoms with Crippen LogP contribution in [0.4, 0.5) is 5.69 Å². The Morgan fingerprint density at radius 2 is 2.10 bits per heavy atom. The number of carboxylic acids is 1. The fourth-order valence-corrected chi connectivity index (χ4v) is 2.15. The standard InChI is InChI=1S/C13H20N2O5S/c1-9(2)8-20-6-5-15-12-4-3-10(21(14,18)19)7-11(12)13(16)17/h3-4,7,9,15H,5-6,8H2,1-2H3,(H,16,17)(H2,14,18,19). The molecule has 0 heterocycles. The van der Waals surface area contributed by atoms with Crippen LogP contribution in [-0.2, 0) is 14.8 Å². The maximum atomic E-state index is 11.2. The zero-order valence-corrected chi connectivity index (χ0v) is 12.8. The summed E-state index contributed by atoms with van der Waals surface area (Å²) in [6, 6.07) is 3.68. The molecule has 0 bridgehead atoms. The summed E-state index contributed by atoms with van der Waals surface area (Å²) >= 11 is 0. The Morgan fingerprint density at radius 1 is 1.43 bits per heavy atom. The number of nitrogens with two attached hydrogens (primary N) is 1. The number of primary sulfonamides is 1. The fraction of sp³-hybridized carbons (Fsp3) is 0.462. The summed E-state index contributed by atoms with van der Waals surface area (Å²) in [5.74, 6) is -0.806. The first-order valence-corrected chi connectivity index (χ1v) is 7.98. The SMILES string of the molecule is CC(C)COCCNc1ccc(S(N)(=O)=O)cc1C(=O)O. The van der Waals surface area contributed by atoms with Crippen LogP contribution in [0.25, 0.3) is 0 Å². The molecule has 0 aliphatic rings. The molecule has 7 nitrogen and oxygen atoms in total. The highest BCUT2D eigenvalue weighted by molar-refractivity contribution is 7.89. The van der Waals surface area contributed by atoms with E-state index < -0.39 is 16.0 Å². The van der Waals surface area contributed by atoms with Gasteiger partial charge in [-0.2, -0.15) is 0 Å². The van der Waals surface area contributed by atoms with Crippen LogP contribution in [0.1, 0.15) is 24.2 Å². The van der Waals surface area contributed by atoms with Crippen molar-refractivity contribution >= 4 is 21.7 Å². The molecule has 0 aliphatic heterocycles. The van der Waals surface area contributed by atoms with Crippen LogP contribution in [0.5, 0.6) is 0 Å². The van der Waals surface area contributed by atoms with Crippen LogP contribution >= 0.6 is 0 Å². The summed E-state index contributed by atoms with van der Waals surface area (Å²) in [7, 11) is -3.93. The number of carboxylic acid groups (broad SMARTS) is 1. The largest absolute Gasteiger partial charge is 0.478 e. The van der Waals surface area contributed by atoms with E-state index in [1.165, 1.54) is 12.1 Å². The highest BCUT2D eigenvalue weighted by atomic mass is 32.2. The van der Waals surface area contributed by atoms with E-state index in [0.717, 1.165) is 6.07 Å². The van der Waals surface area contributed by atoms with Crippen molar-refractivity contribution in [3.63, 3.8) is 0 Å². The second-order valence-electron chi connectivity index (χ2n) is 4.95. The third kappa shape index (κ3) is 5.70. The molecule has 21 heavy (non-hydrogen) atoms. The molecule has 0 fully saturated rings. The van der Waals surface area contributed by atoms with Gasteiger partial charge in [-0.15, -0.1) is 0 Å². The highest BCUT2D eigenvalue weighted by Gasteiger charge is 2.15. The first kappa shape index (κ1) is 17.4. The molecule has 0 saturated carbocycles. The minimum atomic E-state index is -3.93. The van der Waals surface area contributed by atoms with Crippen LogP contribution in [0, 0.1) is 5.92 Å². The van der Waals surface area contributed by atoms with Gasteiger partial charge in [-0.05, 0) is 24.1 Å². The van der Waals surface area contributed by atoms with Crippen LogP contribution in [0.15, 0.2) is 23.1 Å². The Kier molecular flexibility index (Phi) is 6.13. The van der Waals surface area contributed by atoms with Gasteiger partial charge in [0.05, 0.1) is 17.1 Å². The number of hydrogen-bond donors (Lipinski definition) is 3. The maximum Gasteiger partial charge on any atom is 0.337 e. The maximum absolute atomic E-state index is 11.2. The minimum absolute atomic E-state index is 0.148. The molecule has 0 radical (unpaired) electrons. The van der Waals surface area contributed by atoms with Crippen LogP contribution in [-0.4, -0.2) is 39.3 Å². The molecule has 0 amide bonds. The third-order valence-electron chi connectivity index (χ3n) is 2.56. The summed E-state index contributed by atoms with van der Waals surface area (Å²) in [5, 5.41) is 17.0. The van der Waals surface area contributed by atoms with Gasteiger partial charge in [-0.25, -0.2) is 18.4 Å². The summed E-state index contributed by atoms with van der Waals surface area (Å²) in [4.78, 5) is 10.9. The van der Waals surface area contributed by atoms with E-state index in [0.29, 0.717) is 31.4 Å². The Labute approximate surface area is 124 Å². The average Bonchev–Trinajstić information content (AvgIpc) is 2.36. The molecule has 0 aromatic heterocycles. The predicted octanol–water partition coefficient (Wildman–Crippen LogP) is 1.12. The number of aromatic carboxylic acids is 1. The van der Waals surface area contributed by atoms with E-state index in [1.807, 2.05) is 13.8 Å². The first-order valence-electron chi connectivity index (χ1n) is 6.43. The first-order chi connectivity index (χ1) is 9.71. The van der Waals surface area contributed by atoms with Crippen LogP contribution < -0.4 is 10.5 Å². The topological polar surface area (TPSA) is 119 Å². The molecule has 0 atom stereocenters. The normalized spacial score (nSPS) is 11.6. The summed E-state index contributed by atoms with van der Waals surface area (Å²) in [6.45, 7) is 5.53. The zero-order valence-electron chi connectivity index (χ0n) is 12.0. The van der Waals surface area contributed by atoms with Crippen molar-refractivity contribution in [1.82, 2.24) is 0 Å². The van der Waals surface area contributed by atoms with E-state index in [1.54, 1.807) is 0 Å². The molecule has 4 N–H and O–H groups in total. The lowest BCUT2D eigenvalue weighted by atomic mass is 10.2. The Hall–Kier alpha value is -1.64. The Morgan fingerprint density at radius 3 is 2.62 bits per heavy atom. The molecule has 0 saturated heterocycles. The lowest BCUT2D eigenvalue weighted by Gasteiger charge is -2.12. The lowest BCUT2D eigenvalue weighted by Crippen LogP contribution is -2.16. The van der Waals surface area contributed by atoms with Crippen molar-refractivity contribution in [3.8, 4) is 0 Å². The number of ether oxygens (including phenoxy) is 1. The van der Waals surface area contributed by atoms with Gasteiger partial charge in [0, 0.05) is 18.8 Å². The molecule has 0 spiro atoms. The lowest BCUT2D eigenvalue weighted by molar-refractivity contribution is 0.0697. The summed E-state index contributed by atoms with van der Waals surface area (Å²) in [6.07, 6.45) is 0. The summed E-state index contributed by atoms with van der Waals surface area (Å²) in [5.41, 5.74) is 0.174. The number of anilines is 1. The van der Waals surface area contributed by atoms with E-state index >= 15 is 0 Å². The number of nitrogens with one attached hydrogen (secondary N) is 1. The molecular formula is C13H20N2O5S. The second kappa shape index (κ2) is 7.39. The van der Waals surface area contributed by atoms with E-state index in [-0.39, 0.29) is 10.5 Å². The number of benzene rings is 1. The zero-order chi connectivity index (χ0) is 16.0. The molecule has 0 unspecified atom stereocenters. The number of sulfonamides is 1. The van der Waals surface area contributed by atoms with Crippen molar-refractivity contribution in [1.29, 1.82) is 0 Å². The monoisotopic (exact) mass is 316 g/mol. The third-order valence-corrected chi connectivity index (χ3v) is 3.47. The van der Waals surface area contributed by atoms with Crippen molar-refractivity contribution in [3.05, 3.63) is 23.8 Å². The quantitative estimate of drug-likeness (QED) is 0.618. The summed E-state index contributed by atoms with van der Waals surface area (Å²) < 4.78 is 27.8. The Balaban J connectivity index is 2.76. The van der Waals surface area contributed by atoms with Crippen LogP contribution in [0.3, 0.4) is 0 Å². The minimum Gasteiger partial charge on any atom is -0.478 e. The number of rotatable bonds is 8. The van der Waals surface area contributed by atoms with Gasteiger partial charge >= 0.3 is 5.97 Å². The molecular weight excluding hydrogens is 296 g/mol. The number of hydrogen-bond acceptors (Lipinski definition) is 5. The predicted molar refractivity (Wildman–Crippen MR) is 78.9 cm³/mol. The van der Waals surface area contributed by atoms with Crippen molar-refractivity contribution in [2.24, 2.45) is 11.1 Å².